The number of imidazole rings is 1. The standard InChI is InChI=1S/C14H14ClF3N2/c1-9(2)20-8-12(14(16,17)18)19-13(20)11-5-3-10(7-15)4-6-11/h3-6,8-9H,7H2,1-2H3. The van der Waals surface area contributed by atoms with Gasteiger partial charge in [-0.3, -0.25) is 0 Å². The third kappa shape index (κ3) is 2.98. The van der Waals surface area contributed by atoms with Crippen molar-refractivity contribution in [3.63, 3.8) is 0 Å². The maximum absolute atomic E-state index is 12.8. The van der Waals surface area contributed by atoms with E-state index in [1.807, 2.05) is 13.8 Å². The van der Waals surface area contributed by atoms with Crippen LogP contribution in [0, 0.1) is 0 Å². The fourth-order valence-electron chi connectivity index (χ4n) is 1.88. The van der Waals surface area contributed by atoms with Crippen molar-refractivity contribution in [1.82, 2.24) is 9.55 Å². The third-order valence-electron chi connectivity index (χ3n) is 2.95. The summed E-state index contributed by atoms with van der Waals surface area (Å²) in [6.45, 7) is 3.64. The Morgan fingerprint density at radius 2 is 1.80 bits per heavy atom. The summed E-state index contributed by atoms with van der Waals surface area (Å²) >= 11 is 5.70. The number of hydrogen-bond donors (Lipinski definition) is 0. The highest BCUT2D eigenvalue weighted by Gasteiger charge is 2.35. The molecule has 0 aliphatic carbocycles. The second-order valence-corrected chi connectivity index (χ2v) is 5.05. The van der Waals surface area contributed by atoms with Crippen molar-refractivity contribution in [2.75, 3.05) is 0 Å². The van der Waals surface area contributed by atoms with E-state index in [4.69, 9.17) is 11.6 Å². The van der Waals surface area contributed by atoms with Crippen LogP contribution >= 0.6 is 11.6 Å². The van der Waals surface area contributed by atoms with Gasteiger partial charge in [-0.1, -0.05) is 24.3 Å². The summed E-state index contributed by atoms with van der Waals surface area (Å²) in [5.41, 5.74) is 0.680. The Labute approximate surface area is 120 Å². The van der Waals surface area contributed by atoms with E-state index >= 15 is 0 Å². The van der Waals surface area contributed by atoms with Gasteiger partial charge in [-0.15, -0.1) is 11.6 Å². The number of hydrogen-bond acceptors (Lipinski definition) is 1. The predicted molar refractivity (Wildman–Crippen MR) is 72.6 cm³/mol. The van der Waals surface area contributed by atoms with E-state index in [1.54, 1.807) is 24.3 Å². The topological polar surface area (TPSA) is 17.8 Å². The van der Waals surface area contributed by atoms with Crippen molar-refractivity contribution in [3.8, 4) is 11.4 Å². The molecule has 1 aromatic heterocycles. The number of aromatic nitrogens is 2. The van der Waals surface area contributed by atoms with Crippen LogP contribution in [0.4, 0.5) is 13.2 Å². The minimum absolute atomic E-state index is 0.110. The predicted octanol–water partition coefficient (Wildman–Crippen LogP) is 4.89. The van der Waals surface area contributed by atoms with E-state index in [9.17, 15) is 13.2 Å². The van der Waals surface area contributed by atoms with Crippen LogP contribution in [0.5, 0.6) is 0 Å². The average Bonchev–Trinajstić information content (AvgIpc) is 2.84. The molecular weight excluding hydrogens is 289 g/mol. The molecule has 20 heavy (non-hydrogen) atoms. The molecule has 0 spiro atoms. The molecule has 0 fully saturated rings. The first-order chi connectivity index (χ1) is 9.32. The van der Waals surface area contributed by atoms with Crippen molar-refractivity contribution in [1.29, 1.82) is 0 Å². The fraction of sp³-hybridized carbons (Fsp3) is 0.357. The van der Waals surface area contributed by atoms with Gasteiger partial charge in [0.1, 0.15) is 5.82 Å². The summed E-state index contributed by atoms with van der Waals surface area (Å²) in [6, 6.07) is 6.93. The lowest BCUT2D eigenvalue weighted by Crippen LogP contribution is -2.05. The Hall–Kier alpha value is -1.49. The summed E-state index contributed by atoms with van der Waals surface area (Å²) < 4.78 is 39.9. The summed E-state index contributed by atoms with van der Waals surface area (Å²) in [4.78, 5) is 3.73. The van der Waals surface area contributed by atoms with Crippen molar-refractivity contribution < 1.29 is 13.2 Å². The van der Waals surface area contributed by atoms with Crippen LogP contribution < -0.4 is 0 Å². The zero-order valence-electron chi connectivity index (χ0n) is 11.1. The number of nitrogens with zero attached hydrogens (tertiary/aromatic N) is 2. The molecule has 0 bridgehead atoms. The molecule has 0 aliphatic heterocycles. The van der Waals surface area contributed by atoms with Gasteiger partial charge in [0.2, 0.25) is 0 Å². The van der Waals surface area contributed by atoms with Gasteiger partial charge in [0.15, 0.2) is 5.69 Å². The zero-order chi connectivity index (χ0) is 14.9. The molecule has 0 N–H and O–H groups in total. The molecule has 1 heterocycles. The van der Waals surface area contributed by atoms with Gasteiger partial charge in [0, 0.05) is 23.7 Å². The van der Waals surface area contributed by atoms with Gasteiger partial charge in [0.25, 0.3) is 0 Å². The normalized spacial score (nSPS) is 12.2. The van der Waals surface area contributed by atoms with E-state index in [0.717, 1.165) is 11.8 Å². The molecule has 2 rings (SSSR count). The molecule has 0 amide bonds. The van der Waals surface area contributed by atoms with Gasteiger partial charge in [-0.25, -0.2) is 4.98 Å². The lowest BCUT2D eigenvalue weighted by molar-refractivity contribution is -0.140. The molecule has 0 saturated heterocycles. The number of rotatable bonds is 3. The van der Waals surface area contributed by atoms with Crippen LogP contribution in [0.25, 0.3) is 11.4 Å². The monoisotopic (exact) mass is 302 g/mol. The number of alkyl halides is 4. The van der Waals surface area contributed by atoms with Crippen LogP contribution in [0.1, 0.15) is 31.1 Å². The molecular formula is C14H14ClF3N2. The largest absolute Gasteiger partial charge is 0.434 e. The lowest BCUT2D eigenvalue weighted by Gasteiger charge is -2.11. The molecule has 6 heteroatoms. The van der Waals surface area contributed by atoms with Crippen LogP contribution in [-0.2, 0) is 12.1 Å². The summed E-state index contributed by atoms with van der Waals surface area (Å²) in [5.74, 6) is 0.681. The van der Waals surface area contributed by atoms with Crippen LogP contribution in [0.3, 0.4) is 0 Å². The third-order valence-corrected chi connectivity index (χ3v) is 3.25. The highest BCUT2D eigenvalue weighted by atomic mass is 35.5. The lowest BCUT2D eigenvalue weighted by atomic mass is 10.1. The van der Waals surface area contributed by atoms with E-state index in [2.05, 4.69) is 4.98 Å². The summed E-state index contributed by atoms with van der Waals surface area (Å²) in [6.07, 6.45) is -3.39. The van der Waals surface area contributed by atoms with Crippen molar-refractivity contribution >= 4 is 11.6 Å². The maximum Gasteiger partial charge on any atom is 0.434 e. The Balaban J connectivity index is 2.50. The number of halogens is 4. The van der Waals surface area contributed by atoms with Gasteiger partial charge >= 0.3 is 6.18 Å². The van der Waals surface area contributed by atoms with Gasteiger partial charge in [-0.2, -0.15) is 13.2 Å². The van der Waals surface area contributed by atoms with Gasteiger partial charge in [-0.05, 0) is 19.4 Å². The maximum atomic E-state index is 12.8. The van der Waals surface area contributed by atoms with E-state index in [-0.39, 0.29) is 6.04 Å². The molecule has 2 aromatic rings. The quantitative estimate of drug-likeness (QED) is 0.738. The van der Waals surface area contributed by atoms with E-state index in [1.165, 1.54) is 4.57 Å². The fourth-order valence-corrected chi connectivity index (χ4v) is 2.06. The average molecular weight is 303 g/mol. The highest BCUT2D eigenvalue weighted by molar-refractivity contribution is 6.17. The van der Waals surface area contributed by atoms with Crippen molar-refractivity contribution in [3.05, 3.63) is 41.7 Å². The number of benzene rings is 1. The van der Waals surface area contributed by atoms with E-state index in [0.29, 0.717) is 17.3 Å². The van der Waals surface area contributed by atoms with Crippen LogP contribution in [0.15, 0.2) is 30.5 Å². The first-order valence-corrected chi connectivity index (χ1v) is 6.67. The Kier molecular flexibility index (Phi) is 4.09. The van der Waals surface area contributed by atoms with Crippen molar-refractivity contribution in [2.45, 2.75) is 31.9 Å². The molecule has 0 aliphatic rings. The second kappa shape index (κ2) is 5.48. The summed E-state index contributed by atoms with van der Waals surface area (Å²) in [5, 5.41) is 0. The van der Waals surface area contributed by atoms with E-state index < -0.39 is 11.9 Å². The van der Waals surface area contributed by atoms with Crippen molar-refractivity contribution in [2.24, 2.45) is 0 Å². The van der Waals surface area contributed by atoms with Crippen LogP contribution in [-0.4, -0.2) is 9.55 Å². The first-order valence-electron chi connectivity index (χ1n) is 6.14. The highest BCUT2D eigenvalue weighted by Crippen LogP contribution is 2.32. The SMILES string of the molecule is CC(C)n1cc(C(F)(F)F)nc1-c1ccc(CCl)cc1. The molecule has 2 nitrogen and oxygen atoms in total. The molecule has 0 saturated carbocycles. The molecule has 0 unspecified atom stereocenters. The van der Waals surface area contributed by atoms with Gasteiger partial charge < -0.3 is 4.57 Å². The smallest absolute Gasteiger partial charge is 0.328 e. The zero-order valence-corrected chi connectivity index (χ0v) is 11.8. The van der Waals surface area contributed by atoms with Gasteiger partial charge in [0.05, 0.1) is 0 Å². The molecule has 108 valence electrons. The summed E-state index contributed by atoms with van der Waals surface area (Å²) in [7, 11) is 0. The second-order valence-electron chi connectivity index (χ2n) is 4.78. The van der Waals surface area contributed by atoms with Crippen LogP contribution in [0.2, 0.25) is 0 Å². The Morgan fingerprint density at radius 3 is 2.25 bits per heavy atom. The first kappa shape index (κ1) is 14.9. The molecule has 1 aromatic carbocycles. The minimum Gasteiger partial charge on any atom is -0.328 e. The molecule has 0 radical (unpaired) electrons. The Morgan fingerprint density at radius 1 is 1.20 bits per heavy atom. The Bertz CT molecular complexity index is 585. The molecule has 0 atom stereocenters. The minimum atomic E-state index is -4.44.